The summed E-state index contributed by atoms with van der Waals surface area (Å²) < 4.78 is 0. The van der Waals surface area contributed by atoms with Gasteiger partial charge in [0.15, 0.2) is 0 Å². The SMILES string of the molecule is [Cr+3].[Fe+2].[OH-].[OH-].[OH-].[OH-].[OH-].[OH-].[OH-].[OH-].[OH-].[Zr+4]. The standard InChI is InChI=1S/Cr.Fe.9H2O.Zr/h;;9*1H2;/q+3;+2;;;;;;;;;;+4/p-9. The van der Waals surface area contributed by atoms with Gasteiger partial charge >= 0.3 is 60.6 Å². The van der Waals surface area contributed by atoms with Crippen molar-refractivity contribution in [1.29, 1.82) is 0 Å². The molecule has 1 radical (unpaired) electrons. The van der Waals surface area contributed by atoms with Gasteiger partial charge in [-0.25, -0.2) is 0 Å². The van der Waals surface area contributed by atoms with Crippen LogP contribution in [0.2, 0.25) is 0 Å². The first-order valence-electron chi connectivity index (χ1n) is 0. The molecule has 0 aliphatic rings. The smallest absolute Gasteiger partial charge is 0.870 e. The van der Waals surface area contributed by atoms with E-state index in [4.69, 9.17) is 0 Å². The Bertz CT molecular complexity index is 14.5. The van der Waals surface area contributed by atoms with Crippen molar-refractivity contribution < 1.29 is 110 Å². The fourth-order valence-electron chi connectivity index (χ4n) is 0. The number of hydrogen-bond acceptors (Lipinski definition) is 9. The molecule has 0 amide bonds. The maximum atomic E-state index is 0. The summed E-state index contributed by atoms with van der Waals surface area (Å²) in [5.74, 6) is 0. The second kappa shape index (κ2) is 679. The minimum atomic E-state index is 0. The predicted molar refractivity (Wildman–Crippen MR) is 17.4 cm³/mol. The Kier molecular flexibility index (Phi) is 49000. The molecule has 9 N–H and O–H groups in total. The monoisotopic (exact) mass is 351 g/mol. The zero-order valence-corrected chi connectivity index (χ0v) is 10.1. The second-order valence-corrected chi connectivity index (χ2v) is 0. The first-order chi connectivity index (χ1) is 0. The molecule has 9 nitrogen and oxygen atoms in total. The maximum absolute atomic E-state index is 0. The minimum absolute atomic E-state index is 0. The Morgan fingerprint density at radius 2 is 0.333 bits per heavy atom. The molecule has 12 heteroatoms. The van der Waals surface area contributed by atoms with E-state index < -0.39 is 0 Å². The average molecular weight is 352 g/mol. The third-order valence-electron chi connectivity index (χ3n) is 0. The maximum Gasteiger partial charge on any atom is 4.00 e. The summed E-state index contributed by atoms with van der Waals surface area (Å²) in [5.41, 5.74) is 0. The normalized spacial score (nSPS) is 0. The molecule has 0 aromatic carbocycles. The van der Waals surface area contributed by atoms with Gasteiger partial charge in [-0.05, 0) is 0 Å². The van der Waals surface area contributed by atoms with Crippen molar-refractivity contribution in [3.8, 4) is 0 Å². The molecule has 0 heterocycles. The summed E-state index contributed by atoms with van der Waals surface area (Å²) in [6, 6.07) is 0. The van der Waals surface area contributed by atoms with Crippen molar-refractivity contribution >= 4 is 0 Å². The van der Waals surface area contributed by atoms with E-state index in [1.54, 1.807) is 0 Å². The minimum Gasteiger partial charge on any atom is -0.870 e. The Labute approximate surface area is 109 Å². The van der Waals surface area contributed by atoms with E-state index in [0.29, 0.717) is 0 Å². The second-order valence-electron chi connectivity index (χ2n) is 0. The Balaban J connectivity index is 0. The molecular formula is H9CrFeO9Zr. The van der Waals surface area contributed by atoms with Crippen LogP contribution in [0.3, 0.4) is 0 Å². The molecule has 0 spiro atoms. The summed E-state index contributed by atoms with van der Waals surface area (Å²) in [4.78, 5) is 0. The molecule has 81 valence electrons. The van der Waals surface area contributed by atoms with Gasteiger partial charge in [0.05, 0.1) is 0 Å². The third-order valence-corrected chi connectivity index (χ3v) is 0. The van der Waals surface area contributed by atoms with Crippen LogP contribution in [0.15, 0.2) is 0 Å². The van der Waals surface area contributed by atoms with Gasteiger partial charge in [0.1, 0.15) is 0 Å². The van der Waals surface area contributed by atoms with Crippen LogP contribution in [-0.2, 0) is 60.6 Å². The first-order valence-corrected chi connectivity index (χ1v) is 0. The van der Waals surface area contributed by atoms with Crippen LogP contribution in [0.1, 0.15) is 0 Å². The van der Waals surface area contributed by atoms with E-state index >= 15 is 0 Å². The zero-order valence-electron chi connectivity index (χ0n) is 5.29. The van der Waals surface area contributed by atoms with Crippen molar-refractivity contribution in [2.75, 3.05) is 0 Å². The largest absolute Gasteiger partial charge is 4.00 e. The summed E-state index contributed by atoms with van der Waals surface area (Å²) in [6.07, 6.45) is 0. The average Bonchev–Trinajstić information content (AvgIpc) is 0. The third kappa shape index (κ3) is 522. The summed E-state index contributed by atoms with van der Waals surface area (Å²) in [7, 11) is 0. The molecule has 0 saturated heterocycles. The van der Waals surface area contributed by atoms with Gasteiger partial charge in [-0.2, -0.15) is 0 Å². The topological polar surface area (TPSA) is 270 Å². The summed E-state index contributed by atoms with van der Waals surface area (Å²) >= 11 is 0. The van der Waals surface area contributed by atoms with Crippen LogP contribution in [0.4, 0.5) is 0 Å². The Hall–Kier alpha value is 1.58. The molecule has 0 saturated carbocycles. The Morgan fingerprint density at radius 3 is 0.333 bits per heavy atom. The van der Waals surface area contributed by atoms with E-state index in [2.05, 4.69) is 0 Å². The first kappa shape index (κ1) is 865. The van der Waals surface area contributed by atoms with Crippen molar-refractivity contribution in [2.45, 2.75) is 0 Å². The van der Waals surface area contributed by atoms with Crippen LogP contribution in [0, 0.1) is 0 Å². The zero-order chi connectivity index (χ0) is 0. The molecule has 0 aliphatic heterocycles. The number of hydrogen-bond donors (Lipinski definition) is 0. The molecule has 12 heavy (non-hydrogen) atoms. The van der Waals surface area contributed by atoms with Gasteiger partial charge in [0.25, 0.3) is 0 Å². The van der Waals surface area contributed by atoms with Gasteiger partial charge in [-0.3, -0.25) is 0 Å². The van der Waals surface area contributed by atoms with Crippen LogP contribution in [0.5, 0.6) is 0 Å². The van der Waals surface area contributed by atoms with Gasteiger partial charge in [-0.15, -0.1) is 0 Å². The molecule has 0 aliphatic carbocycles. The molecule has 0 unspecified atom stereocenters. The van der Waals surface area contributed by atoms with E-state index in [-0.39, 0.29) is 110 Å². The molecular weight excluding hydrogens is 343 g/mol. The quantitative estimate of drug-likeness (QED) is 0.453. The van der Waals surface area contributed by atoms with Crippen LogP contribution >= 0.6 is 0 Å². The van der Waals surface area contributed by atoms with Gasteiger partial charge in [-0.1, -0.05) is 0 Å². The molecule has 0 atom stereocenters. The van der Waals surface area contributed by atoms with Crippen molar-refractivity contribution in [2.24, 2.45) is 0 Å². The predicted octanol–water partition coefficient (Wildman–Crippen LogP) is -1.60. The van der Waals surface area contributed by atoms with E-state index in [1.807, 2.05) is 0 Å². The Morgan fingerprint density at radius 1 is 0.333 bits per heavy atom. The molecule has 0 rings (SSSR count). The molecule has 0 bridgehead atoms. The van der Waals surface area contributed by atoms with E-state index in [9.17, 15) is 0 Å². The summed E-state index contributed by atoms with van der Waals surface area (Å²) in [6.45, 7) is 0. The van der Waals surface area contributed by atoms with Crippen molar-refractivity contribution in [3.05, 3.63) is 0 Å². The molecule has 0 aromatic rings. The van der Waals surface area contributed by atoms with Crippen molar-refractivity contribution in [1.82, 2.24) is 0 Å². The molecule has 0 fully saturated rings. The fourth-order valence-corrected chi connectivity index (χ4v) is 0. The number of rotatable bonds is 0. The summed E-state index contributed by atoms with van der Waals surface area (Å²) in [5, 5.41) is 0. The van der Waals surface area contributed by atoms with Crippen molar-refractivity contribution in [3.63, 3.8) is 0 Å². The fraction of sp³-hybridized carbons (Fsp3) is 0. The van der Waals surface area contributed by atoms with E-state index in [0.717, 1.165) is 0 Å². The van der Waals surface area contributed by atoms with Crippen LogP contribution in [0.25, 0.3) is 0 Å². The van der Waals surface area contributed by atoms with Crippen LogP contribution in [-0.4, -0.2) is 49.3 Å². The van der Waals surface area contributed by atoms with Gasteiger partial charge < -0.3 is 49.3 Å². The van der Waals surface area contributed by atoms with Gasteiger partial charge in [0, 0.05) is 0 Å². The van der Waals surface area contributed by atoms with Gasteiger partial charge in [0.2, 0.25) is 0 Å². The van der Waals surface area contributed by atoms with E-state index in [1.165, 1.54) is 0 Å². The van der Waals surface area contributed by atoms with Crippen LogP contribution < -0.4 is 0 Å². The molecule has 0 aromatic heterocycles.